The second-order valence-corrected chi connectivity index (χ2v) is 6.09. The van der Waals surface area contributed by atoms with E-state index in [1.807, 2.05) is 13.8 Å². The molecule has 0 aromatic carbocycles. The first-order valence-corrected chi connectivity index (χ1v) is 8.02. The van der Waals surface area contributed by atoms with Gasteiger partial charge in [0.25, 0.3) is 5.91 Å². The van der Waals surface area contributed by atoms with Crippen LogP contribution in [0.15, 0.2) is 18.5 Å². The van der Waals surface area contributed by atoms with E-state index < -0.39 is 24.0 Å². The Hall–Kier alpha value is -2.97. The molecule has 1 atom stereocenters. The number of hydrogen-bond donors (Lipinski definition) is 1. The lowest BCUT2D eigenvalue weighted by molar-refractivity contribution is -0.136. The van der Waals surface area contributed by atoms with Crippen molar-refractivity contribution in [3.63, 3.8) is 0 Å². The van der Waals surface area contributed by atoms with Crippen LogP contribution in [0.3, 0.4) is 0 Å². The van der Waals surface area contributed by atoms with Gasteiger partial charge in [-0.25, -0.2) is 19.3 Å². The van der Waals surface area contributed by atoms with E-state index in [1.54, 1.807) is 16.9 Å². The normalized spacial score (nSPS) is 15.5. The molecular weight excluding hydrogens is 326 g/mol. The van der Waals surface area contributed by atoms with Crippen molar-refractivity contribution in [2.45, 2.75) is 32.9 Å². The first kappa shape index (κ1) is 16.9. The first-order chi connectivity index (χ1) is 11.9. The van der Waals surface area contributed by atoms with Gasteiger partial charge in [-0.1, -0.05) is 0 Å². The Balaban J connectivity index is 1.73. The minimum Gasteiger partial charge on any atom is -0.449 e. The molecule has 1 aliphatic heterocycles. The third-order valence-corrected chi connectivity index (χ3v) is 3.91. The average Bonchev–Trinajstić information content (AvgIpc) is 3.19. The molecule has 1 fully saturated rings. The summed E-state index contributed by atoms with van der Waals surface area (Å²) in [7, 11) is 0. The molecule has 3 amide bonds. The highest BCUT2D eigenvalue weighted by atomic mass is 16.5. The molecule has 3 rings (SSSR count). The van der Waals surface area contributed by atoms with Crippen LogP contribution in [0.5, 0.6) is 0 Å². The summed E-state index contributed by atoms with van der Waals surface area (Å²) in [6.07, 6.45) is 1.96. The molecule has 2 aromatic rings. The van der Waals surface area contributed by atoms with Crippen molar-refractivity contribution in [2.24, 2.45) is 0 Å². The summed E-state index contributed by atoms with van der Waals surface area (Å²) in [4.78, 5) is 41.3. The molecule has 0 saturated carbocycles. The van der Waals surface area contributed by atoms with Gasteiger partial charge in [0.1, 0.15) is 0 Å². The Labute approximate surface area is 143 Å². The lowest BCUT2D eigenvalue weighted by Crippen LogP contribution is -2.41. The van der Waals surface area contributed by atoms with Crippen LogP contribution in [0, 0.1) is 0 Å². The molecule has 3 heterocycles. The highest BCUT2D eigenvalue weighted by Gasteiger charge is 2.31. The molecule has 0 aliphatic carbocycles. The number of fused-ring (bicyclic) bond motifs is 1. The Morgan fingerprint density at radius 3 is 2.68 bits per heavy atom. The topological polar surface area (TPSA) is 106 Å². The van der Waals surface area contributed by atoms with Gasteiger partial charge < -0.3 is 10.1 Å². The van der Waals surface area contributed by atoms with Gasteiger partial charge >= 0.3 is 12.0 Å². The van der Waals surface area contributed by atoms with E-state index in [1.165, 1.54) is 13.1 Å². The number of ether oxygens (including phenoxy) is 1. The van der Waals surface area contributed by atoms with Crippen LogP contribution in [0.4, 0.5) is 4.79 Å². The number of aromatic nitrogens is 3. The molecule has 1 saturated heterocycles. The maximum absolute atomic E-state index is 12.3. The van der Waals surface area contributed by atoms with Crippen molar-refractivity contribution in [3.8, 4) is 0 Å². The number of amides is 3. The van der Waals surface area contributed by atoms with Gasteiger partial charge in [-0.2, -0.15) is 5.10 Å². The quantitative estimate of drug-likeness (QED) is 0.832. The number of carbonyl (C=O) groups is 3. The van der Waals surface area contributed by atoms with Crippen LogP contribution in [-0.4, -0.2) is 56.8 Å². The van der Waals surface area contributed by atoms with E-state index in [2.05, 4.69) is 15.4 Å². The Bertz CT molecular complexity index is 844. The van der Waals surface area contributed by atoms with Gasteiger partial charge in [0.2, 0.25) is 0 Å². The standard InChI is InChI=1S/C16H19N5O4/c1-9(2)21-13-11(8-19-21)6-12(7-18-13)15(23)25-10(3)14(22)20-5-4-17-16(20)24/h6-10H,4-5H2,1-3H3,(H,17,24)/t10-/m0/s1. The van der Waals surface area contributed by atoms with Crippen molar-refractivity contribution in [2.75, 3.05) is 13.1 Å². The van der Waals surface area contributed by atoms with Gasteiger partial charge in [0.05, 0.1) is 11.8 Å². The molecule has 1 aliphatic rings. The molecule has 25 heavy (non-hydrogen) atoms. The van der Waals surface area contributed by atoms with Crippen LogP contribution in [0.25, 0.3) is 11.0 Å². The van der Waals surface area contributed by atoms with Gasteiger partial charge in [-0.15, -0.1) is 0 Å². The van der Waals surface area contributed by atoms with Crippen LogP contribution in [0.1, 0.15) is 37.2 Å². The lowest BCUT2D eigenvalue weighted by atomic mass is 10.2. The molecule has 0 spiro atoms. The summed E-state index contributed by atoms with van der Waals surface area (Å²) in [5.41, 5.74) is 0.894. The van der Waals surface area contributed by atoms with E-state index in [0.29, 0.717) is 17.6 Å². The lowest BCUT2D eigenvalue weighted by Gasteiger charge is -2.18. The number of esters is 1. The summed E-state index contributed by atoms with van der Waals surface area (Å²) < 4.78 is 6.94. The number of pyridine rings is 1. The smallest absolute Gasteiger partial charge is 0.340 e. The van der Waals surface area contributed by atoms with Crippen molar-refractivity contribution >= 4 is 28.9 Å². The van der Waals surface area contributed by atoms with Crippen molar-refractivity contribution in [3.05, 3.63) is 24.0 Å². The highest BCUT2D eigenvalue weighted by Crippen LogP contribution is 2.17. The Morgan fingerprint density at radius 2 is 2.04 bits per heavy atom. The second kappa shape index (κ2) is 6.50. The number of hydrogen-bond acceptors (Lipinski definition) is 6. The van der Waals surface area contributed by atoms with E-state index in [-0.39, 0.29) is 18.2 Å². The largest absolute Gasteiger partial charge is 0.449 e. The zero-order valence-electron chi connectivity index (χ0n) is 14.2. The monoisotopic (exact) mass is 345 g/mol. The fourth-order valence-electron chi connectivity index (χ4n) is 2.61. The molecule has 9 heteroatoms. The minimum absolute atomic E-state index is 0.145. The maximum Gasteiger partial charge on any atom is 0.340 e. The maximum atomic E-state index is 12.3. The third-order valence-electron chi connectivity index (χ3n) is 3.91. The summed E-state index contributed by atoms with van der Waals surface area (Å²) in [5.74, 6) is -1.22. The minimum atomic E-state index is -1.06. The summed E-state index contributed by atoms with van der Waals surface area (Å²) in [6, 6.07) is 1.29. The summed E-state index contributed by atoms with van der Waals surface area (Å²) in [6.45, 7) is 6.07. The highest BCUT2D eigenvalue weighted by molar-refractivity contribution is 6.00. The molecule has 0 bridgehead atoms. The third kappa shape index (κ3) is 3.17. The summed E-state index contributed by atoms with van der Waals surface area (Å²) >= 11 is 0. The molecular formula is C16H19N5O4. The summed E-state index contributed by atoms with van der Waals surface area (Å²) in [5, 5.41) is 7.48. The van der Waals surface area contributed by atoms with Crippen LogP contribution in [0.2, 0.25) is 0 Å². The van der Waals surface area contributed by atoms with E-state index in [9.17, 15) is 14.4 Å². The molecule has 2 aromatic heterocycles. The van der Waals surface area contributed by atoms with Crippen LogP contribution < -0.4 is 5.32 Å². The second-order valence-electron chi connectivity index (χ2n) is 6.09. The van der Waals surface area contributed by atoms with Crippen molar-refractivity contribution in [1.29, 1.82) is 0 Å². The van der Waals surface area contributed by atoms with Gasteiger partial charge in [-0.05, 0) is 26.8 Å². The fraction of sp³-hybridized carbons (Fsp3) is 0.438. The van der Waals surface area contributed by atoms with Crippen molar-refractivity contribution in [1.82, 2.24) is 25.0 Å². The van der Waals surface area contributed by atoms with Gasteiger partial charge in [-0.3, -0.25) is 9.69 Å². The molecule has 0 unspecified atom stereocenters. The number of imide groups is 1. The van der Waals surface area contributed by atoms with E-state index in [0.717, 1.165) is 4.90 Å². The average molecular weight is 345 g/mol. The van der Waals surface area contributed by atoms with E-state index >= 15 is 0 Å². The predicted octanol–water partition coefficient (Wildman–Crippen LogP) is 1.11. The van der Waals surface area contributed by atoms with Crippen LogP contribution in [-0.2, 0) is 9.53 Å². The number of carbonyl (C=O) groups excluding carboxylic acids is 3. The Morgan fingerprint density at radius 1 is 1.28 bits per heavy atom. The first-order valence-electron chi connectivity index (χ1n) is 8.02. The van der Waals surface area contributed by atoms with Crippen molar-refractivity contribution < 1.29 is 19.1 Å². The number of nitrogens with one attached hydrogen (secondary N) is 1. The Kier molecular flexibility index (Phi) is 4.39. The zero-order chi connectivity index (χ0) is 18.1. The molecule has 132 valence electrons. The molecule has 9 nitrogen and oxygen atoms in total. The number of nitrogens with zero attached hydrogens (tertiary/aromatic N) is 4. The van der Waals surface area contributed by atoms with E-state index in [4.69, 9.17) is 4.74 Å². The molecule has 0 radical (unpaired) electrons. The SMILES string of the molecule is CC(C)n1ncc2cc(C(=O)O[C@@H](C)C(=O)N3CCNC3=O)cnc21. The van der Waals surface area contributed by atoms with Gasteiger partial charge in [0.15, 0.2) is 11.8 Å². The fourth-order valence-corrected chi connectivity index (χ4v) is 2.61. The predicted molar refractivity (Wildman–Crippen MR) is 87.9 cm³/mol. The number of urea groups is 1. The number of rotatable bonds is 4. The molecule has 1 N–H and O–H groups in total. The zero-order valence-corrected chi connectivity index (χ0v) is 14.2. The van der Waals surface area contributed by atoms with Crippen LogP contribution >= 0.6 is 0 Å². The van der Waals surface area contributed by atoms with Gasteiger partial charge in [0, 0.05) is 30.7 Å².